The molecule has 0 radical (unpaired) electrons. The zero-order valence-electron chi connectivity index (χ0n) is 14.0. The number of carbonyl (C=O) groups excluding carboxylic acids is 1. The van der Waals surface area contributed by atoms with Gasteiger partial charge in [-0.2, -0.15) is 0 Å². The van der Waals surface area contributed by atoms with Crippen molar-refractivity contribution in [1.82, 2.24) is 0 Å². The summed E-state index contributed by atoms with van der Waals surface area (Å²) < 4.78 is 0. The summed E-state index contributed by atoms with van der Waals surface area (Å²) in [6.45, 7) is 2.07. The van der Waals surface area contributed by atoms with E-state index in [1.165, 1.54) is 17.5 Å². The fraction of sp³-hybridized carbons (Fsp3) is 0.300. The maximum Gasteiger partial charge on any atom is 0.264 e. The monoisotopic (exact) mass is 370 g/mol. The van der Waals surface area contributed by atoms with Crippen LogP contribution in [0.1, 0.15) is 34.8 Å². The van der Waals surface area contributed by atoms with Crippen LogP contribution in [0.15, 0.2) is 47.5 Å². The van der Waals surface area contributed by atoms with E-state index < -0.39 is 0 Å². The number of amides is 1. The molecular formula is C20H19ClN2OS. The molecule has 0 bridgehead atoms. The Kier molecular flexibility index (Phi) is 4.57. The van der Waals surface area contributed by atoms with Crippen molar-refractivity contribution in [3.05, 3.63) is 64.2 Å². The first-order valence-corrected chi connectivity index (χ1v) is 9.90. The van der Waals surface area contributed by atoms with E-state index >= 15 is 0 Å². The molecule has 0 unspecified atom stereocenters. The number of halogens is 1. The molecular weight excluding hydrogens is 352 g/mol. The Morgan fingerprint density at radius 2 is 1.92 bits per heavy atom. The second-order valence-corrected chi connectivity index (χ2v) is 7.95. The molecule has 1 aliphatic carbocycles. The molecule has 0 fully saturated rings. The lowest BCUT2D eigenvalue weighted by Gasteiger charge is -2.22. The number of amidine groups is 1. The average molecular weight is 371 g/mol. The number of anilines is 1. The van der Waals surface area contributed by atoms with Crippen LogP contribution in [-0.2, 0) is 12.8 Å². The quantitative estimate of drug-likeness (QED) is 0.747. The molecule has 0 aromatic heterocycles. The van der Waals surface area contributed by atoms with Gasteiger partial charge in [0.2, 0.25) is 0 Å². The molecule has 1 aliphatic heterocycles. The van der Waals surface area contributed by atoms with Gasteiger partial charge in [-0.25, -0.2) is 0 Å². The van der Waals surface area contributed by atoms with Crippen molar-refractivity contribution in [2.75, 3.05) is 10.7 Å². The molecule has 1 atom stereocenters. The highest BCUT2D eigenvalue weighted by Gasteiger charge is 2.28. The number of aryl methyl sites for hydroxylation is 2. The molecule has 0 spiro atoms. The van der Waals surface area contributed by atoms with Gasteiger partial charge in [-0.3, -0.25) is 14.7 Å². The standard InChI is InChI=1S/C20H19ClN2OS/c1-13-12-25-20(22-13)23(18-9-7-17(21)8-10-18)19(24)16-6-5-14-3-2-4-15(14)11-16/h5-11,13H,2-4,12H2,1H3/t13-/m1/s1. The smallest absolute Gasteiger partial charge is 0.264 e. The van der Waals surface area contributed by atoms with E-state index in [1.807, 2.05) is 30.3 Å². The lowest BCUT2D eigenvalue weighted by Crippen LogP contribution is -2.34. The SMILES string of the molecule is C[C@@H]1CSC(N(C(=O)c2ccc3c(c2)CCC3)c2ccc(Cl)cc2)=N1. The van der Waals surface area contributed by atoms with Gasteiger partial charge in [-0.05, 0) is 73.7 Å². The molecule has 2 aromatic carbocycles. The molecule has 0 saturated carbocycles. The normalized spacial score (nSPS) is 18.8. The Labute approximate surface area is 157 Å². The summed E-state index contributed by atoms with van der Waals surface area (Å²) in [7, 11) is 0. The van der Waals surface area contributed by atoms with Crippen LogP contribution in [0.2, 0.25) is 5.02 Å². The minimum atomic E-state index is -0.0302. The third kappa shape index (κ3) is 3.33. The first-order valence-electron chi connectivity index (χ1n) is 8.54. The summed E-state index contributed by atoms with van der Waals surface area (Å²) >= 11 is 7.65. The Bertz CT molecular complexity index is 847. The van der Waals surface area contributed by atoms with Crippen LogP contribution in [0.5, 0.6) is 0 Å². The Hall–Kier alpha value is -1.78. The molecule has 1 heterocycles. The average Bonchev–Trinajstić information content (AvgIpc) is 3.25. The number of aliphatic imine (C=N–C) groups is 1. The largest absolute Gasteiger partial charge is 0.268 e. The predicted octanol–water partition coefficient (Wildman–Crippen LogP) is 4.97. The number of carbonyl (C=O) groups is 1. The van der Waals surface area contributed by atoms with Gasteiger partial charge in [0.25, 0.3) is 5.91 Å². The van der Waals surface area contributed by atoms with Gasteiger partial charge in [-0.1, -0.05) is 29.4 Å². The maximum atomic E-state index is 13.3. The van der Waals surface area contributed by atoms with Crippen LogP contribution in [0.4, 0.5) is 5.69 Å². The number of rotatable bonds is 2. The molecule has 1 amide bonds. The molecule has 128 valence electrons. The molecule has 0 saturated heterocycles. The Balaban J connectivity index is 1.73. The van der Waals surface area contributed by atoms with Crippen molar-refractivity contribution in [2.24, 2.45) is 4.99 Å². The highest BCUT2D eigenvalue weighted by Crippen LogP contribution is 2.30. The van der Waals surface area contributed by atoms with Gasteiger partial charge in [0.1, 0.15) is 0 Å². The molecule has 4 rings (SSSR count). The van der Waals surface area contributed by atoms with Gasteiger partial charge in [-0.15, -0.1) is 0 Å². The van der Waals surface area contributed by atoms with Crippen molar-refractivity contribution in [3.8, 4) is 0 Å². The van der Waals surface area contributed by atoms with Gasteiger partial charge in [0.05, 0.1) is 11.7 Å². The summed E-state index contributed by atoms with van der Waals surface area (Å²) in [5.41, 5.74) is 4.20. The molecule has 25 heavy (non-hydrogen) atoms. The third-order valence-corrected chi connectivity index (χ3v) is 6.06. The van der Waals surface area contributed by atoms with Gasteiger partial charge in [0, 0.05) is 16.3 Å². The minimum absolute atomic E-state index is 0.0302. The lowest BCUT2D eigenvalue weighted by molar-refractivity contribution is 0.100. The van der Waals surface area contributed by atoms with E-state index in [2.05, 4.69) is 24.0 Å². The fourth-order valence-electron chi connectivity index (χ4n) is 3.32. The summed E-state index contributed by atoms with van der Waals surface area (Å²) in [6.07, 6.45) is 3.35. The molecule has 2 aromatic rings. The first kappa shape index (κ1) is 16.7. The summed E-state index contributed by atoms with van der Waals surface area (Å²) in [5.74, 6) is 0.869. The predicted molar refractivity (Wildman–Crippen MR) is 106 cm³/mol. The lowest BCUT2D eigenvalue weighted by atomic mass is 10.1. The van der Waals surface area contributed by atoms with Crippen molar-refractivity contribution in [2.45, 2.75) is 32.2 Å². The third-order valence-electron chi connectivity index (χ3n) is 4.61. The Morgan fingerprint density at radius 3 is 2.64 bits per heavy atom. The van der Waals surface area contributed by atoms with E-state index in [4.69, 9.17) is 11.6 Å². The molecule has 0 N–H and O–H groups in total. The van der Waals surface area contributed by atoms with Crippen LogP contribution in [0.25, 0.3) is 0 Å². The Morgan fingerprint density at radius 1 is 1.16 bits per heavy atom. The highest BCUT2D eigenvalue weighted by molar-refractivity contribution is 8.14. The van der Waals surface area contributed by atoms with Gasteiger partial charge >= 0.3 is 0 Å². The van der Waals surface area contributed by atoms with Gasteiger partial charge < -0.3 is 0 Å². The number of benzene rings is 2. The van der Waals surface area contributed by atoms with Crippen molar-refractivity contribution in [1.29, 1.82) is 0 Å². The molecule has 3 nitrogen and oxygen atoms in total. The second kappa shape index (κ2) is 6.85. The topological polar surface area (TPSA) is 32.7 Å². The van der Waals surface area contributed by atoms with E-state index in [9.17, 15) is 4.79 Å². The first-order chi connectivity index (χ1) is 12.1. The van der Waals surface area contributed by atoms with E-state index in [-0.39, 0.29) is 11.9 Å². The number of thioether (sulfide) groups is 1. The van der Waals surface area contributed by atoms with Crippen molar-refractivity contribution < 1.29 is 4.79 Å². The van der Waals surface area contributed by atoms with E-state index in [0.717, 1.165) is 35.0 Å². The van der Waals surface area contributed by atoms with Crippen LogP contribution in [0, 0.1) is 0 Å². The summed E-state index contributed by atoms with van der Waals surface area (Å²) in [4.78, 5) is 19.7. The highest BCUT2D eigenvalue weighted by atomic mass is 35.5. The number of nitrogens with zero attached hydrogens (tertiary/aromatic N) is 2. The van der Waals surface area contributed by atoms with Crippen LogP contribution in [0.3, 0.4) is 0 Å². The zero-order valence-corrected chi connectivity index (χ0v) is 15.6. The van der Waals surface area contributed by atoms with E-state index in [0.29, 0.717) is 5.02 Å². The maximum absolute atomic E-state index is 13.3. The summed E-state index contributed by atoms with van der Waals surface area (Å²) in [5, 5.41) is 1.42. The van der Waals surface area contributed by atoms with Gasteiger partial charge in [0.15, 0.2) is 5.17 Å². The molecule has 5 heteroatoms. The number of hydrogen-bond acceptors (Lipinski definition) is 3. The summed E-state index contributed by atoms with van der Waals surface area (Å²) in [6, 6.07) is 13.7. The van der Waals surface area contributed by atoms with Crippen molar-refractivity contribution >= 4 is 40.1 Å². The second-order valence-electron chi connectivity index (χ2n) is 6.53. The minimum Gasteiger partial charge on any atom is -0.268 e. The van der Waals surface area contributed by atoms with Crippen LogP contribution < -0.4 is 4.90 Å². The molecule has 2 aliphatic rings. The zero-order chi connectivity index (χ0) is 17.4. The van der Waals surface area contributed by atoms with Crippen LogP contribution in [-0.4, -0.2) is 22.9 Å². The number of hydrogen-bond donors (Lipinski definition) is 0. The van der Waals surface area contributed by atoms with Crippen molar-refractivity contribution in [3.63, 3.8) is 0 Å². The fourth-order valence-corrected chi connectivity index (χ4v) is 4.48. The van der Waals surface area contributed by atoms with Crippen LogP contribution >= 0.6 is 23.4 Å². The number of fused-ring (bicyclic) bond motifs is 1. The van der Waals surface area contributed by atoms with E-state index in [1.54, 1.807) is 16.7 Å².